The van der Waals surface area contributed by atoms with Gasteiger partial charge in [0, 0.05) is 17.2 Å². The van der Waals surface area contributed by atoms with Crippen LogP contribution in [0.5, 0.6) is 0 Å². The quantitative estimate of drug-likeness (QED) is 0.899. The number of hydrogen-bond acceptors (Lipinski definition) is 3. The van der Waals surface area contributed by atoms with Gasteiger partial charge in [-0.2, -0.15) is 0 Å². The van der Waals surface area contributed by atoms with Gasteiger partial charge in [0.05, 0.1) is 0 Å². The minimum Gasteiger partial charge on any atom is -0.373 e. The minimum atomic E-state index is 0.832. The number of benzene rings is 1. The summed E-state index contributed by atoms with van der Waals surface area (Å²) in [5.74, 6) is 1.68. The third kappa shape index (κ3) is 2.97. The number of pyridine rings is 1. The molecule has 1 aromatic heterocycles. The molecule has 17 heavy (non-hydrogen) atoms. The van der Waals surface area contributed by atoms with Gasteiger partial charge in [-0.25, -0.2) is 4.98 Å². The lowest BCUT2D eigenvalue weighted by molar-refractivity contribution is 1.27. The van der Waals surface area contributed by atoms with E-state index in [4.69, 9.17) is 0 Å². The van der Waals surface area contributed by atoms with Crippen molar-refractivity contribution in [2.24, 2.45) is 0 Å². The molecular formula is C13H14BrN3. The second kappa shape index (κ2) is 5.19. The maximum Gasteiger partial charge on any atom is 0.132 e. The first-order chi connectivity index (χ1) is 8.19. The van der Waals surface area contributed by atoms with Crippen molar-refractivity contribution in [1.82, 2.24) is 4.98 Å². The van der Waals surface area contributed by atoms with Gasteiger partial charge in [0.15, 0.2) is 0 Å². The van der Waals surface area contributed by atoms with E-state index < -0.39 is 0 Å². The summed E-state index contributed by atoms with van der Waals surface area (Å²) in [4.78, 5) is 4.42. The van der Waals surface area contributed by atoms with Crippen LogP contribution in [-0.2, 0) is 0 Å². The highest BCUT2D eigenvalue weighted by molar-refractivity contribution is 9.10. The number of aryl methyl sites for hydroxylation is 1. The van der Waals surface area contributed by atoms with Gasteiger partial charge >= 0.3 is 0 Å². The van der Waals surface area contributed by atoms with E-state index in [1.54, 1.807) is 0 Å². The van der Waals surface area contributed by atoms with E-state index in [2.05, 4.69) is 44.5 Å². The fraction of sp³-hybridized carbons (Fsp3) is 0.154. The number of anilines is 3. The van der Waals surface area contributed by atoms with Crippen molar-refractivity contribution >= 4 is 33.3 Å². The zero-order valence-electron chi connectivity index (χ0n) is 9.79. The lowest BCUT2D eigenvalue weighted by Gasteiger charge is -2.10. The first kappa shape index (κ1) is 11.9. The molecule has 0 amide bonds. The summed E-state index contributed by atoms with van der Waals surface area (Å²) in [5.41, 5.74) is 2.24. The average Bonchev–Trinajstić information content (AvgIpc) is 2.34. The van der Waals surface area contributed by atoms with Crippen LogP contribution in [0.2, 0.25) is 0 Å². The number of aromatic nitrogens is 1. The first-order valence-electron chi connectivity index (χ1n) is 5.37. The van der Waals surface area contributed by atoms with Gasteiger partial charge in [-0.05, 0) is 36.8 Å². The van der Waals surface area contributed by atoms with Crippen molar-refractivity contribution in [3.8, 4) is 0 Å². The maximum absolute atomic E-state index is 4.42. The van der Waals surface area contributed by atoms with E-state index >= 15 is 0 Å². The number of nitrogens with one attached hydrogen (secondary N) is 2. The van der Waals surface area contributed by atoms with Crippen molar-refractivity contribution < 1.29 is 0 Å². The van der Waals surface area contributed by atoms with Crippen LogP contribution < -0.4 is 10.6 Å². The molecule has 4 heteroatoms. The van der Waals surface area contributed by atoms with E-state index in [1.807, 2.05) is 37.4 Å². The molecule has 2 aromatic rings. The molecule has 0 aliphatic rings. The molecule has 0 radical (unpaired) electrons. The summed E-state index contributed by atoms with van der Waals surface area (Å²) in [6, 6.07) is 12.0. The Morgan fingerprint density at radius 1 is 1.12 bits per heavy atom. The van der Waals surface area contributed by atoms with Crippen LogP contribution in [0.3, 0.4) is 0 Å². The Morgan fingerprint density at radius 2 is 1.88 bits per heavy atom. The Kier molecular flexibility index (Phi) is 3.64. The Morgan fingerprint density at radius 3 is 2.65 bits per heavy atom. The number of nitrogens with zero attached hydrogens (tertiary/aromatic N) is 1. The number of halogens is 1. The van der Waals surface area contributed by atoms with Gasteiger partial charge in [-0.3, -0.25) is 0 Å². The van der Waals surface area contributed by atoms with E-state index in [0.717, 1.165) is 21.8 Å². The zero-order chi connectivity index (χ0) is 12.3. The molecule has 0 bridgehead atoms. The molecule has 0 aliphatic heterocycles. The van der Waals surface area contributed by atoms with E-state index in [9.17, 15) is 0 Å². The summed E-state index contributed by atoms with van der Waals surface area (Å²) in [6.45, 7) is 2.07. The topological polar surface area (TPSA) is 37.0 Å². The van der Waals surface area contributed by atoms with Crippen LogP contribution in [0, 0.1) is 6.92 Å². The SMILES string of the molecule is CNc1cccc(Nc2cc(Br)ccc2C)n1. The van der Waals surface area contributed by atoms with Crippen LogP contribution in [0.4, 0.5) is 17.3 Å². The lowest BCUT2D eigenvalue weighted by atomic mass is 10.2. The van der Waals surface area contributed by atoms with Crippen LogP contribution in [0.25, 0.3) is 0 Å². The Hall–Kier alpha value is -1.55. The predicted octanol–water partition coefficient (Wildman–Crippen LogP) is 3.94. The summed E-state index contributed by atoms with van der Waals surface area (Å²) < 4.78 is 1.05. The summed E-state index contributed by atoms with van der Waals surface area (Å²) in [6.07, 6.45) is 0. The molecule has 2 N–H and O–H groups in total. The number of rotatable bonds is 3. The van der Waals surface area contributed by atoms with E-state index in [-0.39, 0.29) is 0 Å². The highest BCUT2D eigenvalue weighted by Crippen LogP contribution is 2.24. The summed E-state index contributed by atoms with van der Waals surface area (Å²) in [5, 5.41) is 6.33. The smallest absolute Gasteiger partial charge is 0.132 e. The highest BCUT2D eigenvalue weighted by Gasteiger charge is 2.01. The van der Waals surface area contributed by atoms with Crippen LogP contribution in [0.1, 0.15) is 5.56 Å². The molecule has 0 spiro atoms. The van der Waals surface area contributed by atoms with Crippen molar-refractivity contribution in [3.63, 3.8) is 0 Å². The average molecular weight is 292 g/mol. The van der Waals surface area contributed by atoms with Crippen molar-refractivity contribution in [1.29, 1.82) is 0 Å². The third-order valence-corrected chi connectivity index (χ3v) is 2.96. The molecule has 0 atom stereocenters. The first-order valence-corrected chi connectivity index (χ1v) is 6.16. The van der Waals surface area contributed by atoms with Gasteiger partial charge in [-0.15, -0.1) is 0 Å². The maximum atomic E-state index is 4.42. The normalized spacial score (nSPS) is 10.1. The summed E-state index contributed by atoms with van der Waals surface area (Å²) >= 11 is 3.47. The van der Waals surface area contributed by atoms with Crippen molar-refractivity contribution in [3.05, 3.63) is 46.4 Å². The van der Waals surface area contributed by atoms with Gasteiger partial charge in [0.25, 0.3) is 0 Å². The van der Waals surface area contributed by atoms with Gasteiger partial charge in [-0.1, -0.05) is 28.1 Å². The molecule has 3 nitrogen and oxygen atoms in total. The largest absolute Gasteiger partial charge is 0.373 e. The van der Waals surface area contributed by atoms with Crippen LogP contribution >= 0.6 is 15.9 Å². The Labute approximate surface area is 109 Å². The molecule has 88 valence electrons. The standard InChI is InChI=1S/C13H14BrN3/c1-9-6-7-10(14)8-11(9)16-13-5-3-4-12(15-2)17-13/h3-8H,1-2H3,(H2,15,16,17). The monoisotopic (exact) mass is 291 g/mol. The van der Waals surface area contributed by atoms with Crippen LogP contribution in [-0.4, -0.2) is 12.0 Å². The molecule has 2 rings (SSSR count). The van der Waals surface area contributed by atoms with Crippen LogP contribution in [0.15, 0.2) is 40.9 Å². The van der Waals surface area contributed by atoms with Crippen molar-refractivity contribution in [2.75, 3.05) is 17.7 Å². The molecule has 1 heterocycles. The summed E-state index contributed by atoms with van der Waals surface area (Å²) in [7, 11) is 1.86. The predicted molar refractivity (Wildman–Crippen MR) is 75.9 cm³/mol. The highest BCUT2D eigenvalue weighted by atomic mass is 79.9. The zero-order valence-corrected chi connectivity index (χ0v) is 11.4. The third-order valence-electron chi connectivity index (χ3n) is 2.47. The minimum absolute atomic E-state index is 0.832. The molecule has 0 fully saturated rings. The lowest BCUT2D eigenvalue weighted by Crippen LogP contribution is -1.98. The van der Waals surface area contributed by atoms with Gasteiger partial charge in [0.2, 0.25) is 0 Å². The Bertz CT molecular complexity index is 526. The Balaban J connectivity index is 2.27. The second-order valence-corrected chi connectivity index (χ2v) is 4.66. The molecule has 0 saturated heterocycles. The fourth-order valence-electron chi connectivity index (χ4n) is 1.51. The van der Waals surface area contributed by atoms with E-state index in [0.29, 0.717) is 0 Å². The fourth-order valence-corrected chi connectivity index (χ4v) is 1.87. The second-order valence-electron chi connectivity index (χ2n) is 3.74. The molecule has 0 unspecified atom stereocenters. The molecule has 0 saturated carbocycles. The molecule has 0 aliphatic carbocycles. The molecular weight excluding hydrogens is 278 g/mol. The molecule has 1 aromatic carbocycles. The van der Waals surface area contributed by atoms with Gasteiger partial charge in [0.1, 0.15) is 11.6 Å². The number of hydrogen-bond donors (Lipinski definition) is 2. The van der Waals surface area contributed by atoms with E-state index in [1.165, 1.54) is 5.56 Å². The van der Waals surface area contributed by atoms with Gasteiger partial charge < -0.3 is 10.6 Å². The van der Waals surface area contributed by atoms with Crippen molar-refractivity contribution in [2.45, 2.75) is 6.92 Å².